The van der Waals surface area contributed by atoms with Crippen molar-refractivity contribution in [3.05, 3.63) is 71.8 Å². The third-order valence-electron chi connectivity index (χ3n) is 3.14. The monoisotopic (exact) mass is 275 g/mol. The summed E-state index contributed by atoms with van der Waals surface area (Å²) in [7, 11) is -2.18. The van der Waals surface area contributed by atoms with E-state index in [2.05, 4.69) is 0 Å². The SMILES string of the molecule is C[C@@H]([NH2+]C(c1ccccc1)c1ccccc1)[P+](=O)O. The molecule has 4 heteroatoms. The van der Waals surface area contributed by atoms with Crippen molar-refractivity contribution in [2.24, 2.45) is 0 Å². The number of hydrogen-bond acceptors (Lipinski definition) is 1. The molecule has 0 bridgehead atoms. The number of rotatable bonds is 5. The summed E-state index contributed by atoms with van der Waals surface area (Å²) in [5, 5.41) is 1.95. The maximum atomic E-state index is 11.2. The van der Waals surface area contributed by atoms with Gasteiger partial charge < -0.3 is 0 Å². The quantitative estimate of drug-likeness (QED) is 0.823. The zero-order chi connectivity index (χ0) is 13.7. The van der Waals surface area contributed by atoms with E-state index in [-0.39, 0.29) is 11.8 Å². The second-order valence-electron chi connectivity index (χ2n) is 4.53. The van der Waals surface area contributed by atoms with E-state index in [0.29, 0.717) is 0 Å². The molecule has 0 saturated carbocycles. The fraction of sp³-hybridized carbons (Fsp3) is 0.200. The van der Waals surface area contributed by atoms with Gasteiger partial charge in [-0.05, 0) is 4.57 Å². The highest BCUT2D eigenvalue weighted by molar-refractivity contribution is 7.38. The van der Waals surface area contributed by atoms with Crippen LogP contribution in [0.3, 0.4) is 0 Å². The predicted octanol–water partition coefficient (Wildman–Crippen LogP) is 2.42. The smallest absolute Gasteiger partial charge is 0.291 e. The minimum absolute atomic E-state index is 0.0449. The van der Waals surface area contributed by atoms with Crippen LogP contribution in [0, 0.1) is 0 Å². The Morgan fingerprint density at radius 3 is 1.74 bits per heavy atom. The molecule has 0 amide bonds. The molecule has 0 aliphatic heterocycles. The largest absolute Gasteiger partial charge is 0.568 e. The third kappa shape index (κ3) is 3.71. The number of benzene rings is 2. The van der Waals surface area contributed by atoms with Crippen LogP contribution in [0.25, 0.3) is 0 Å². The molecule has 0 radical (unpaired) electrons. The van der Waals surface area contributed by atoms with Gasteiger partial charge in [-0.1, -0.05) is 60.7 Å². The standard InChI is InChI=1S/C15H16NO2P/c1-12(19(17)18)16-15(13-8-4-2-5-9-13)14-10-6-3-7-11-14/h2-12,15-16H,1H3/p+2/t12-/m0/s1. The molecule has 0 aromatic heterocycles. The first kappa shape index (κ1) is 13.9. The third-order valence-corrected chi connectivity index (χ3v) is 4.01. The average molecular weight is 275 g/mol. The van der Waals surface area contributed by atoms with Gasteiger partial charge in [0.2, 0.25) is 0 Å². The van der Waals surface area contributed by atoms with Crippen molar-refractivity contribution in [1.29, 1.82) is 0 Å². The van der Waals surface area contributed by atoms with E-state index < -0.39 is 8.03 Å². The summed E-state index contributed by atoms with van der Waals surface area (Å²) in [4.78, 5) is 9.24. The van der Waals surface area contributed by atoms with Crippen molar-refractivity contribution >= 4 is 8.03 Å². The van der Waals surface area contributed by atoms with Crippen LogP contribution in [0.2, 0.25) is 0 Å². The molecule has 2 aromatic rings. The average Bonchev–Trinajstić information content (AvgIpc) is 2.46. The van der Waals surface area contributed by atoms with Gasteiger partial charge in [0.05, 0.1) is 0 Å². The van der Waals surface area contributed by atoms with Crippen molar-refractivity contribution in [3.63, 3.8) is 0 Å². The van der Waals surface area contributed by atoms with Gasteiger partial charge in [-0.3, -0.25) is 5.32 Å². The molecule has 0 aliphatic rings. The van der Waals surface area contributed by atoms with Crippen molar-refractivity contribution < 1.29 is 14.8 Å². The van der Waals surface area contributed by atoms with E-state index in [1.165, 1.54) is 0 Å². The zero-order valence-electron chi connectivity index (χ0n) is 10.8. The summed E-state index contributed by atoms with van der Waals surface area (Å²) in [6, 6.07) is 20.1. The van der Waals surface area contributed by atoms with Gasteiger partial charge in [-0.15, -0.1) is 0 Å². The van der Waals surface area contributed by atoms with E-state index >= 15 is 0 Å². The minimum Gasteiger partial charge on any atom is -0.291 e. The summed E-state index contributed by atoms with van der Waals surface area (Å²) in [5.74, 6) is -0.333. The first-order valence-corrected chi connectivity index (χ1v) is 7.57. The molecule has 3 N–H and O–H groups in total. The summed E-state index contributed by atoms with van der Waals surface area (Å²) in [6.07, 6.45) is 0. The van der Waals surface area contributed by atoms with E-state index in [0.717, 1.165) is 11.1 Å². The Balaban J connectivity index is 2.32. The van der Waals surface area contributed by atoms with Gasteiger partial charge in [-0.2, -0.15) is 4.89 Å². The highest BCUT2D eigenvalue weighted by Crippen LogP contribution is 2.21. The van der Waals surface area contributed by atoms with Crippen LogP contribution in [-0.4, -0.2) is 10.7 Å². The molecule has 2 atom stereocenters. The van der Waals surface area contributed by atoms with Gasteiger partial charge in [0, 0.05) is 18.1 Å². The molecular weight excluding hydrogens is 257 g/mol. The van der Waals surface area contributed by atoms with E-state index in [1.807, 2.05) is 66.0 Å². The fourth-order valence-corrected chi connectivity index (χ4v) is 2.41. The molecule has 19 heavy (non-hydrogen) atoms. The lowest BCUT2D eigenvalue weighted by atomic mass is 9.99. The summed E-state index contributed by atoms with van der Waals surface area (Å²) < 4.78 is 11.2. The topological polar surface area (TPSA) is 53.9 Å². The summed E-state index contributed by atoms with van der Waals surface area (Å²) >= 11 is 0. The van der Waals surface area contributed by atoms with Crippen molar-refractivity contribution in [2.45, 2.75) is 18.7 Å². The molecule has 0 spiro atoms. The highest BCUT2D eigenvalue weighted by Gasteiger charge is 2.31. The Bertz CT molecular complexity index is 491. The molecule has 1 unspecified atom stereocenters. The molecule has 0 aliphatic carbocycles. The summed E-state index contributed by atoms with van der Waals surface area (Å²) in [6.45, 7) is 1.78. The van der Waals surface area contributed by atoms with E-state index in [9.17, 15) is 9.46 Å². The van der Waals surface area contributed by atoms with Crippen molar-refractivity contribution in [2.75, 3.05) is 0 Å². The van der Waals surface area contributed by atoms with Crippen molar-refractivity contribution in [1.82, 2.24) is 0 Å². The fourth-order valence-electron chi connectivity index (χ4n) is 2.09. The lowest BCUT2D eigenvalue weighted by Gasteiger charge is -2.16. The molecular formula is C15H18NO2P+2. The van der Waals surface area contributed by atoms with Crippen LogP contribution in [-0.2, 0) is 4.57 Å². The molecule has 0 heterocycles. The lowest BCUT2D eigenvalue weighted by molar-refractivity contribution is -0.699. The minimum atomic E-state index is -2.18. The highest BCUT2D eigenvalue weighted by atomic mass is 31.1. The van der Waals surface area contributed by atoms with Crippen LogP contribution >= 0.6 is 8.03 Å². The molecule has 2 rings (SSSR count). The maximum Gasteiger partial charge on any atom is 0.568 e. The molecule has 98 valence electrons. The molecule has 2 aromatic carbocycles. The molecule has 0 saturated heterocycles. The molecule has 3 nitrogen and oxygen atoms in total. The van der Waals surface area contributed by atoms with Gasteiger partial charge in [0.15, 0.2) is 0 Å². The summed E-state index contributed by atoms with van der Waals surface area (Å²) in [5.41, 5.74) is 2.27. The van der Waals surface area contributed by atoms with E-state index in [1.54, 1.807) is 6.92 Å². The van der Waals surface area contributed by atoms with Gasteiger partial charge in [0.1, 0.15) is 6.04 Å². The van der Waals surface area contributed by atoms with Crippen molar-refractivity contribution in [3.8, 4) is 0 Å². The van der Waals surface area contributed by atoms with Crippen LogP contribution in [0.15, 0.2) is 60.7 Å². The van der Waals surface area contributed by atoms with Crippen LogP contribution in [0.5, 0.6) is 0 Å². The van der Waals surface area contributed by atoms with Crippen LogP contribution < -0.4 is 5.32 Å². The Labute approximate surface area is 114 Å². The predicted molar refractivity (Wildman–Crippen MR) is 75.9 cm³/mol. The second kappa shape index (κ2) is 6.58. The van der Waals surface area contributed by atoms with Crippen LogP contribution in [0.1, 0.15) is 24.1 Å². The van der Waals surface area contributed by atoms with Gasteiger partial charge in [-0.25, -0.2) is 0 Å². The number of hydrogen-bond donors (Lipinski definition) is 2. The zero-order valence-corrected chi connectivity index (χ0v) is 11.7. The molecule has 0 fully saturated rings. The second-order valence-corrected chi connectivity index (χ2v) is 5.95. The van der Waals surface area contributed by atoms with Gasteiger partial charge in [0.25, 0.3) is 0 Å². The maximum absolute atomic E-state index is 11.2. The Kier molecular flexibility index (Phi) is 4.80. The normalized spacial score (nSPS) is 13.3. The first-order valence-electron chi connectivity index (χ1n) is 6.28. The lowest BCUT2D eigenvalue weighted by Crippen LogP contribution is -2.89. The Morgan fingerprint density at radius 1 is 0.947 bits per heavy atom. The van der Waals surface area contributed by atoms with Crippen LogP contribution in [0.4, 0.5) is 0 Å². The first-order chi connectivity index (χ1) is 9.18. The van der Waals surface area contributed by atoms with E-state index in [4.69, 9.17) is 0 Å². The Morgan fingerprint density at radius 2 is 1.37 bits per heavy atom. The van der Waals surface area contributed by atoms with Gasteiger partial charge >= 0.3 is 13.8 Å². The Hall–Kier alpha value is -1.54. The number of nitrogens with two attached hydrogens (primary N) is 1. The number of quaternary nitrogens is 1.